The van der Waals surface area contributed by atoms with E-state index in [1.165, 1.54) is 0 Å². The Kier molecular flexibility index (Phi) is 6.68. The summed E-state index contributed by atoms with van der Waals surface area (Å²) in [6.45, 7) is 0.00384. The highest BCUT2D eigenvalue weighted by Crippen LogP contribution is 2.10. The first-order chi connectivity index (χ1) is 14.5. The van der Waals surface area contributed by atoms with Crippen LogP contribution in [0.25, 0.3) is 0 Å². The van der Waals surface area contributed by atoms with E-state index in [0.29, 0.717) is 22.4 Å². The summed E-state index contributed by atoms with van der Waals surface area (Å²) in [7, 11) is 0. The number of nitrogens with one attached hydrogen (secondary N) is 2. The minimum Gasteiger partial charge on any atom is -0.366 e. The molecule has 7 nitrogen and oxygen atoms in total. The molecule has 3 aromatic rings. The number of hydrogen-bond acceptors (Lipinski definition) is 3. The summed E-state index contributed by atoms with van der Waals surface area (Å²) in [5.74, 6) is -1.02. The van der Waals surface area contributed by atoms with Gasteiger partial charge in [-0.25, -0.2) is 0 Å². The second-order valence-corrected chi connectivity index (χ2v) is 6.34. The zero-order chi connectivity index (χ0) is 21.3. The van der Waals surface area contributed by atoms with Gasteiger partial charge in [-0.2, -0.15) is 4.99 Å². The molecule has 3 aromatic carbocycles. The van der Waals surface area contributed by atoms with Crippen molar-refractivity contribution in [3.05, 3.63) is 102 Å². The maximum Gasteiger partial charge on any atom is 0.278 e. The van der Waals surface area contributed by atoms with Crippen molar-refractivity contribution >= 4 is 29.2 Å². The fourth-order valence-corrected chi connectivity index (χ4v) is 2.62. The molecule has 7 heteroatoms. The van der Waals surface area contributed by atoms with E-state index in [-0.39, 0.29) is 18.3 Å². The molecule has 3 rings (SSSR count). The highest BCUT2D eigenvalue weighted by molar-refractivity contribution is 6.09. The van der Waals surface area contributed by atoms with Gasteiger partial charge in [0, 0.05) is 22.4 Å². The van der Waals surface area contributed by atoms with Gasteiger partial charge < -0.3 is 16.4 Å². The van der Waals surface area contributed by atoms with Crippen molar-refractivity contribution in [2.75, 3.05) is 11.9 Å². The van der Waals surface area contributed by atoms with Gasteiger partial charge >= 0.3 is 0 Å². The highest BCUT2D eigenvalue weighted by atomic mass is 16.2. The average molecular weight is 400 g/mol. The van der Waals surface area contributed by atoms with E-state index in [2.05, 4.69) is 15.6 Å². The second kappa shape index (κ2) is 9.79. The fourth-order valence-electron chi connectivity index (χ4n) is 2.62. The van der Waals surface area contributed by atoms with Crippen molar-refractivity contribution in [3.8, 4) is 0 Å². The first kappa shape index (κ1) is 20.5. The Hall–Kier alpha value is -4.26. The van der Waals surface area contributed by atoms with E-state index in [1.54, 1.807) is 78.9 Å². The molecule has 30 heavy (non-hydrogen) atoms. The number of primary amides is 1. The summed E-state index contributed by atoms with van der Waals surface area (Å²) in [6, 6.07) is 23.8. The van der Waals surface area contributed by atoms with Gasteiger partial charge in [0.05, 0.1) is 6.54 Å². The second-order valence-electron chi connectivity index (χ2n) is 6.34. The van der Waals surface area contributed by atoms with Crippen LogP contribution in [-0.4, -0.2) is 30.1 Å². The van der Waals surface area contributed by atoms with Gasteiger partial charge in [0.15, 0.2) is 0 Å². The summed E-state index contributed by atoms with van der Waals surface area (Å²) in [6.07, 6.45) is 0. The van der Waals surface area contributed by atoms with Gasteiger partial charge in [-0.15, -0.1) is 0 Å². The molecule has 0 aliphatic carbocycles. The molecule has 150 valence electrons. The van der Waals surface area contributed by atoms with Crippen LogP contribution >= 0.6 is 0 Å². The third kappa shape index (κ3) is 5.62. The number of aliphatic imine (C=N–C) groups is 1. The molecular weight excluding hydrogens is 380 g/mol. The van der Waals surface area contributed by atoms with Gasteiger partial charge in [-0.1, -0.05) is 36.4 Å². The molecular formula is C23H20N4O3. The van der Waals surface area contributed by atoms with Gasteiger partial charge in [-0.05, 0) is 48.5 Å². The van der Waals surface area contributed by atoms with E-state index in [1.807, 2.05) is 6.07 Å². The number of anilines is 1. The van der Waals surface area contributed by atoms with Crippen molar-refractivity contribution in [2.24, 2.45) is 10.7 Å². The van der Waals surface area contributed by atoms with Gasteiger partial charge in [0.1, 0.15) is 5.84 Å². The number of benzene rings is 3. The smallest absolute Gasteiger partial charge is 0.278 e. The standard InChI is InChI=1S/C23H20N4O3/c24-21(28)16-11-13-19(14-12-16)26-20(27-23(30)18-9-5-2-6-10-18)15-25-22(29)17-7-3-1-4-8-17/h1-14H,15H2,(H2,24,28)(H,25,29)(H,26,27,30). The molecule has 0 fully saturated rings. The Bertz CT molecular complexity index is 1060. The third-order valence-electron chi connectivity index (χ3n) is 4.17. The van der Waals surface area contributed by atoms with Gasteiger partial charge in [0.25, 0.3) is 11.8 Å². The lowest BCUT2D eigenvalue weighted by atomic mass is 10.2. The quantitative estimate of drug-likeness (QED) is 0.436. The molecule has 0 saturated carbocycles. The van der Waals surface area contributed by atoms with Crippen molar-refractivity contribution in [1.82, 2.24) is 5.32 Å². The maximum absolute atomic E-state index is 12.5. The number of carbonyl (C=O) groups excluding carboxylic acids is 3. The van der Waals surface area contributed by atoms with Crippen LogP contribution in [0.3, 0.4) is 0 Å². The molecule has 0 aromatic heterocycles. The molecule has 0 atom stereocenters. The van der Waals surface area contributed by atoms with Gasteiger partial charge in [0.2, 0.25) is 5.91 Å². The Morgan fingerprint density at radius 3 is 1.87 bits per heavy atom. The predicted molar refractivity (Wildman–Crippen MR) is 116 cm³/mol. The Balaban J connectivity index is 1.78. The normalized spacial score (nSPS) is 10.9. The van der Waals surface area contributed by atoms with Crippen LogP contribution in [0, 0.1) is 0 Å². The molecule has 0 bridgehead atoms. The van der Waals surface area contributed by atoms with Crippen LogP contribution in [0.1, 0.15) is 31.1 Å². The maximum atomic E-state index is 12.5. The van der Waals surface area contributed by atoms with Crippen LogP contribution in [0.5, 0.6) is 0 Å². The van der Waals surface area contributed by atoms with E-state index < -0.39 is 11.8 Å². The highest BCUT2D eigenvalue weighted by Gasteiger charge is 2.11. The molecule has 0 saturated heterocycles. The number of nitrogens with zero attached hydrogens (tertiary/aromatic N) is 1. The molecule has 0 aliphatic heterocycles. The molecule has 0 heterocycles. The molecule has 0 spiro atoms. The van der Waals surface area contributed by atoms with Crippen LogP contribution in [-0.2, 0) is 0 Å². The van der Waals surface area contributed by atoms with E-state index >= 15 is 0 Å². The van der Waals surface area contributed by atoms with Crippen LogP contribution < -0.4 is 16.4 Å². The largest absolute Gasteiger partial charge is 0.366 e. The van der Waals surface area contributed by atoms with Crippen LogP contribution in [0.15, 0.2) is 89.9 Å². The zero-order valence-corrected chi connectivity index (χ0v) is 16.0. The summed E-state index contributed by atoms with van der Waals surface area (Å²) in [4.78, 5) is 40.2. The summed E-state index contributed by atoms with van der Waals surface area (Å²) in [5.41, 5.74) is 7.13. The number of amidine groups is 1. The average Bonchev–Trinajstić information content (AvgIpc) is 2.78. The number of rotatable bonds is 6. The predicted octanol–water partition coefficient (Wildman–Crippen LogP) is 2.87. The number of carbonyl (C=O) groups is 3. The zero-order valence-electron chi connectivity index (χ0n) is 16.0. The van der Waals surface area contributed by atoms with E-state index in [4.69, 9.17) is 5.73 Å². The van der Waals surface area contributed by atoms with Crippen LogP contribution in [0.2, 0.25) is 0 Å². The lowest BCUT2D eigenvalue weighted by molar-refractivity contribution is 0.0955. The van der Waals surface area contributed by atoms with Crippen molar-refractivity contribution < 1.29 is 14.4 Å². The lowest BCUT2D eigenvalue weighted by Crippen LogP contribution is -2.33. The first-order valence-corrected chi connectivity index (χ1v) is 9.20. The first-order valence-electron chi connectivity index (χ1n) is 9.20. The Morgan fingerprint density at radius 1 is 0.733 bits per heavy atom. The van der Waals surface area contributed by atoms with Crippen molar-refractivity contribution in [3.63, 3.8) is 0 Å². The topological polar surface area (TPSA) is 114 Å². The summed E-state index contributed by atoms with van der Waals surface area (Å²) in [5, 5.41) is 5.76. The van der Waals surface area contributed by atoms with E-state index in [9.17, 15) is 14.4 Å². The minimum atomic E-state index is -0.537. The monoisotopic (exact) mass is 400 g/mol. The summed E-state index contributed by atoms with van der Waals surface area (Å²) >= 11 is 0. The molecule has 4 N–H and O–H groups in total. The fraction of sp³-hybridized carbons (Fsp3) is 0.0435. The number of hydrogen-bond donors (Lipinski definition) is 3. The molecule has 0 aliphatic rings. The third-order valence-corrected chi connectivity index (χ3v) is 4.17. The molecule has 0 unspecified atom stereocenters. The lowest BCUT2D eigenvalue weighted by Gasteiger charge is -2.12. The minimum absolute atomic E-state index is 0.00384. The Morgan fingerprint density at radius 2 is 1.30 bits per heavy atom. The Labute approximate surface area is 173 Å². The van der Waals surface area contributed by atoms with Crippen molar-refractivity contribution in [1.29, 1.82) is 0 Å². The van der Waals surface area contributed by atoms with Crippen molar-refractivity contribution in [2.45, 2.75) is 0 Å². The van der Waals surface area contributed by atoms with E-state index in [0.717, 1.165) is 0 Å². The molecule has 3 amide bonds. The summed E-state index contributed by atoms with van der Waals surface area (Å²) < 4.78 is 0. The number of nitrogens with two attached hydrogens (primary N) is 1. The van der Waals surface area contributed by atoms with Gasteiger partial charge in [-0.3, -0.25) is 14.4 Å². The van der Waals surface area contributed by atoms with Crippen LogP contribution in [0.4, 0.5) is 5.69 Å². The SMILES string of the molecule is NC(=O)c1ccc(NC(CNC(=O)c2ccccc2)=NC(=O)c2ccccc2)cc1. The molecule has 0 radical (unpaired) electrons. The number of amides is 3.